The average Bonchev–Trinajstić information content (AvgIpc) is 2.97. The highest BCUT2D eigenvalue weighted by molar-refractivity contribution is 5.96. The minimum Gasteiger partial charge on any atom is -0.414 e. The van der Waals surface area contributed by atoms with Gasteiger partial charge in [-0.25, -0.2) is 0 Å². The predicted octanol–water partition coefficient (Wildman–Crippen LogP) is 4.68. The van der Waals surface area contributed by atoms with Crippen molar-refractivity contribution in [3.8, 4) is 0 Å². The van der Waals surface area contributed by atoms with E-state index in [2.05, 4.69) is 5.32 Å². The van der Waals surface area contributed by atoms with Gasteiger partial charge in [-0.05, 0) is 30.2 Å². The molecule has 1 aromatic heterocycles. The van der Waals surface area contributed by atoms with E-state index in [1.54, 1.807) is 10.9 Å². The van der Waals surface area contributed by atoms with E-state index >= 15 is 0 Å². The third kappa shape index (κ3) is 4.24. The average molecular weight is 376 g/mol. The molecule has 0 radical (unpaired) electrons. The second kappa shape index (κ2) is 7.73. The number of carbonyl (C=O) groups excluding carboxylic acids is 1. The van der Waals surface area contributed by atoms with Crippen LogP contribution in [0.4, 0.5) is 18.9 Å². The van der Waals surface area contributed by atoms with Crippen LogP contribution >= 0.6 is 0 Å². The van der Waals surface area contributed by atoms with E-state index in [0.29, 0.717) is 12.2 Å². The monoisotopic (exact) mass is 376 g/mol. The maximum atomic E-state index is 13.1. The van der Waals surface area contributed by atoms with Gasteiger partial charge in [0.15, 0.2) is 0 Å². The van der Waals surface area contributed by atoms with Gasteiger partial charge < -0.3 is 10.2 Å². The van der Waals surface area contributed by atoms with Crippen molar-refractivity contribution in [2.75, 3.05) is 11.9 Å². The summed E-state index contributed by atoms with van der Waals surface area (Å²) in [5.41, 5.74) is 0.376. The Bertz CT molecular complexity index is 948. The van der Waals surface area contributed by atoms with Crippen LogP contribution in [0.1, 0.15) is 24.5 Å². The summed E-state index contributed by atoms with van der Waals surface area (Å²) >= 11 is 0. The lowest BCUT2D eigenvalue weighted by atomic mass is 10.1. The Morgan fingerprint density at radius 2 is 1.81 bits per heavy atom. The fourth-order valence-corrected chi connectivity index (χ4v) is 2.86. The van der Waals surface area contributed by atoms with Crippen molar-refractivity contribution < 1.29 is 22.8 Å². The topological polar surface area (TPSA) is 43.3 Å². The number of nitrogens with one attached hydrogen (secondary N) is 1. The first-order chi connectivity index (χ1) is 12.9. The van der Waals surface area contributed by atoms with E-state index in [1.807, 2.05) is 31.2 Å². The molecule has 7 heteroatoms. The van der Waals surface area contributed by atoms with E-state index in [4.69, 9.17) is 4.84 Å². The highest BCUT2D eigenvalue weighted by atomic mass is 19.4. The molecule has 0 saturated carbocycles. The van der Waals surface area contributed by atoms with Crippen molar-refractivity contribution in [1.29, 1.82) is 0 Å². The molecule has 0 aliphatic heterocycles. The Balaban J connectivity index is 1.83. The number of aromatic nitrogens is 1. The summed E-state index contributed by atoms with van der Waals surface area (Å²) in [7, 11) is 0. The molecule has 0 aliphatic rings. The SMILES string of the molecule is CCCOn1cc(CC(=O)Nc2ccccc2C(F)(F)F)c2ccccc21. The molecule has 0 saturated heterocycles. The number of amides is 1. The maximum Gasteiger partial charge on any atom is 0.418 e. The van der Waals surface area contributed by atoms with E-state index in [9.17, 15) is 18.0 Å². The van der Waals surface area contributed by atoms with E-state index in [-0.39, 0.29) is 12.1 Å². The van der Waals surface area contributed by atoms with Crippen molar-refractivity contribution in [2.45, 2.75) is 25.9 Å². The third-order valence-electron chi connectivity index (χ3n) is 4.05. The molecule has 0 spiro atoms. The fourth-order valence-electron chi connectivity index (χ4n) is 2.86. The zero-order valence-corrected chi connectivity index (χ0v) is 14.7. The largest absolute Gasteiger partial charge is 0.418 e. The fraction of sp³-hybridized carbons (Fsp3) is 0.250. The number of para-hydroxylation sites is 2. The van der Waals surface area contributed by atoms with E-state index in [0.717, 1.165) is 23.4 Å². The molecule has 1 heterocycles. The van der Waals surface area contributed by atoms with Gasteiger partial charge in [-0.15, -0.1) is 0 Å². The molecule has 1 N–H and O–H groups in total. The highest BCUT2D eigenvalue weighted by Crippen LogP contribution is 2.34. The highest BCUT2D eigenvalue weighted by Gasteiger charge is 2.33. The molecule has 0 bridgehead atoms. The van der Waals surface area contributed by atoms with Crippen LogP contribution in [0.5, 0.6) is 0 Å². The Hall–Kier alpha value is -2.96. The molecule has 2 aromatic carbocycles. The van der Waals surface area contributed by atoms with Gasteiger partial charge in [-0.3, -0.25) is 4.79 Å². The van der Waals surface area contributed by atoms with Crippen LogP contribution < -0.4 is 10.2 Å². The van der Waals surface area contributed by atoms with Crippen molar-refractivity contribution in [3.63, 3.8) is 0 Å². The summed E-state index contributed by atoms with van der Waals surface area (Å²) in [6.07, 6.45) is -2.06. The molecule has 3 rings (SSSR count). The number of benzene rings is 2. The Morgan fingerprint density at radius 3 is 2.56 bits per heavy atom. The van der Waals surface area contributed by atoms with Gasteiger partial charge in [-0.2, -0.15) is 17.9 Å². The standard InChI is InChI=1S/C20H19F3N2O2/c1-2-11-27-25-13-14(15-7-3-6-10-18(15)25)12-19(26)24-17-9-5-4-8-16(17)20(21,22)23/h3-10,13H,2,11-12H2,1H3,(H,24,26). The van der Waals surface area contributed by atoms with Crippen LogP contribution in [0.2, 0.25) is 0 Å². The molecule has 0 aliphatic carbocycles. The molecule has 27 heavy (non-hydrogen) atoms. The van der Waals surface area contributed by atoms with Gasteiger partial charge >= 0.3 is 6.18 Å². The summed E-state index contributed by atoms with van der Waals surface area (Å²) in [6.45, 7) is 2.50. The second-order valence-electron chi connectivity index (χ2n) is 6.10. The molecular weight excluding hydrogens is 357 g/mol. The number of halogens is 3. The zero-order chi connectivity index (χ0) is 19.4. The number of hydrogen-bond acceptors (Lipinski definition) is 2. The summed E-state index contributed by atoms with van der Waals surface area (Å²) in [5.74, 6) is -0.523. The quantitative estimate of drug-likeness (QED) is 0.679. The van der Waals surface area contributed by atoms with Crippen LogP contribution in [-0.2, 0) is 17.4 Å². The van der Waals surface area contributed by atoms with Crippen LogP contribution in [0.25, 0.3) is 10.9 Å². The molecule has 3 aromatic rings. The van der Waals surface area contributed by atoms with Gasteiger partial charge in [0.1, 0.15) is 6.61 Å². The smallest absolute Gasteiger partial charge is 0.414 e. The lowest BCUT2D eigenvalue weighted by Gasteiger charge is -2.13. The van der Waals surface area contributed by atoms with E-state index < -0.39 is 17.6 Å². The van der Waals surface area contributed by atoms with Gasteiger partial charge in [0.25, 0.3) is 0 Å². The number of fused-ring (bicyclic) bond motifs is 1. The molecule has 4 nitrogen and oxygen atoms in total. The minimum atomic E-state index is -4.53. The van der Waals surface area contributed by atoms with Crippen molar-refractivity contribution in [2.24, 2.45) is 0 Å². The number of hydrogen-bond donors (Lipinski definition) is 1. The summed E-state index contributed by atoms with van der Waals surface area (Å²) in [5, 5.41) is 3.20. The van der Waals surface area contributed by atoms with Gasteiger partial charge in [0.2, 0.25) is 5.91 Å². The molecule has 0 fully saturated rings. The normalized spacial score (nSPS) is 11.6. The zero-order valence-electron chi connectivity index (χ0n) is 14.7. The lowest BCUT2D eigenvalue weighted by molar-refractivity contribution is -0.137. The second-order valence-corrected chi connectivity index (χ2v) is 6.10. The first-order valence-corrected chi connectivity index (χ1v) is 8.58. The lowest BCUT2D eigenvalue weighted by Crippen LogP contribution is -2.18. The van der Waals surface area contributed by atoms with Crippen LogP contribution in [0.3, 0.4) is 0 Å². The van der Waals surface area contributed by atoms with Crippen LogP contribution in [0.15, 0.2) is 54.7 Å². The van der Waals surface area contributed by atoms with Gasteiger partial charge in [0.05, 0.1) is 23.2 Å². The van der Waals surface area contributed by atoms with E-state index in [1.165, 1.54) is 18.2 Å². The number of nitrogens with zero attached hydrogens (tertiary/aromatic N) is 1. The Labute approximate surface area is 154 Å². The van der Waals surface area contributed by atoms with Crippen molar-refractivity contribution in [3.05, 3.63) is 65.9 Å². The number of alkyl halides is 3. The van der Waals surface area contributed by atoms with Crippen LogP contribution in [0, 0.1) is 0 Å². The molecular formula is C20H19F3N2O2. The predicted molar refractivity (Wildman–Crippen MR) is 97.5 cm³/mol. The summed E-state index contributed by atoms with van der Waals surface area (Å²) in [4.78, 5) is 18.0. The first-order valence-electron chi connectivity index (χ1n) is 8.58. The molecule has 0 atom stereocenters. The summed E-state index contributed by atoms with van der Waals surface area (Å²) in [6, 6.07) is 12.4. The molecule has 0 unspecified atom stereocenters. The van der Waals surface area contributed by atoms with Crippen molar-refractivity contribution in [1.82, 2.24) is 4.73 Å². The number of carbonyl (C=O) groups is 1. The van der Waals surface area contributed by atoms with Gasteiger partial charge in [0, 0.05) is 11.6 Å². The van der Waals surface area contributed by atoms with Gasteiger partial charge in [-0.1, -0.05) is 37.3 Å². The Morgan fingerprint density at radius 1 is 1.11 bits per heavy atom. The maximum absolute atomic E-state index is 13.1. The minimum absolute atomic E-state index is 0.0603. The number of rotatable bonds is 6. The molecule has 142 valence electrons. The number of anilines is 1. The molecule has 1 amide bonds. The van der Waals surface area contributed by atoms with Crippen molar-refractivity contribution >= 4 is 22.5 Å². The third-order valence-corrected chi connectivity index (χ3v) is 4.05. The first kappa shape index (κ1) is 18.8. The Kier molecular flexibility index (Phi) is 5.39. The van der Waals surface area contributed by atoms with Crippen LogP contribution in [-0.4, -0.2) is 17.2 Å². The summed E-state index contributed by atoms with van der Waals surface area (Å²) < 4.78 is 40.9.